The minimum absolute atomic E-state index is 0.0500. The van der Waals surface area contributed by atoms with Crippen LogP contribution < -0.4 is 10.6 Å². The Labute approximate surface area is 176 Å². The first-order chi connectivity index (χ1) is 14.1. The first-order valence-electron chi connectivity index (χ1n) is 9.27. The van der Waals surface area contributed by atoms with Crippen molar-refractivity contribution in [2.45, 2.75) is 39.0 Å². The Kier molecular flexibility index (Phi) is 10.3. The zero-order chi connectivity index (χ0) is 22.7. The number of hydrogen-bond acceptors (Lipinski definition) is 8. The summed E-state index contributed by atoms with van der Waals surface area (Å²) in [6.07, 6.45) is 0.428. The molecule has 30 heavy (non-hydrogen) atoms. The van der Waals surface area contributed by atoms with Crippen molar-refractivity contribution < 1.29 is 36.5 Å². The predicted molar refractivity (Wildman–Crippen MR) is 108 cm³/mol. The van der Waals surface area contributed by atoms with Gasteiger partial charge in [-0.3, -0.25) is 8.98 Å². The van der Waals surface area contributed by atoms with Crippen molar-refractivity contribution in [2.75, 3.05) is 20.0 Å². The third kappa shape index (κ3) is 9.23. The summed E-state index contributed by atoms with van der Waals surface area (Å²) in [7, 11) is -2.69. The second kappa shape index (κ2) is 12.1. The molecule has 0 aliphatic heterocycles. The predicted octanol–water partition coefficient (Wildman–Crippen LogP) is 0.962. The van der Waals surface area contributed by atoms with Crippen LogP contribution in [0.1, 0.15) is 25.8 Å². The molecule has 1 rings (SSSR count). The molecular weight excluding hydrogens is 416 g/mol. The van der Waals surface area contributed by atoms with Crippen molar-refractivity contribution in [2.24, 2.45) is 5.92 Å². The monoisotopic (exact) mass is 444 g/mol. The summed E-state index contributed by atoms with van der Waals surface area (Å²) in [5.74, 6) is -1.74. The molecule has 0 aromatic heterocycles. The van der Waals surface area contributed by atoms with Gasteiger partial charge in [0.25, 0.3) is 10.1 Å². The molecule has 0 aliphatic carbocycles. The van der Waals surface area contributed by atoms with Crippen LogP contribution in [0.15, 0.2) is 30.3 Å². The van der Waals surface area contributed by atoms with Crippen molar-refractivity contribution in [3.8, 4) is 0 Å². The highest BCUT2D eigenvalue weighted by Gasteiger charge is 2.31. The second-order valence-electron chi connectivity index (χ2n) is 6.64. The van der Waals surface area contributed by atoms with E-state index < -0.39 is 46.8 Å². The summed E-state index contributed by atoms with van der Waals surface area (Å²) in [6.45, 7) is 2.85. The largest absolute Gasteiger partial charge is 0.467 e. The quantitative estimate of drug-likeness (QED) is 0.380. The number of methoxy groups -OCH3 is 1. The van der Waals surface area contributed by atoms with E-state index in [4.69, 9.17) is 9.47 Å². The highest BCUT2D eigenvalue weighted by atomic mass is 32.2. The van der Waals surface area contributed by atoms with Crippen LogP contribution in [-0.4, -0.2) is 58.4 Å². The van der Waals surface area contributed by atoms with Gasteiger partial charge in [-0.1, -0.05) is 50.6 Å². The normalized spacial score (nSPS) is 14.1. The summed E-state index contributed by atoms with van der Waals surface area (Å²) in [4.78, 5) is 36.8. The molecule has 10 nitrogen and oxygen atoms in total. The molecule has 0 heterocycles. The third-order valence-electron chi connectivity index (χ3n) is 4.24. The van der Waals surface area contributed by atoms with Gasteiger partial charge < -0.3 is 20.1 Å². The number of carbonyl (C=O) groups excluding carboxylic acids is 3. The van der Waals surface area contributed by atoms with Crippen LogP contribution in [0, 0.1) is 5.92 Å². The van der Waals surface area contributed by atoms with Crippen molar-refractivity contribution >= 4 is 28.1 Å². The number of ether oxygens (including phenoxy) is 2. The number of hydrogen-bond donors (Lipinski definition) is 2. The molecule has 1 aromatic carbocycles. The smallest absolute Gasteiger partial charge is 0.408 e. The molecular formula is C19H28N2O8S. The maximum absolute atomic E-state index is 12.7. The lowest BCUT2D eigenvalue weighted by molar-refractivity contribution is -0.147. The van der Waals surface area contributed by atoms with E-state index in [0.717, 1.165) is 11.8 Å². The maximum atomic E-state index is 12.7. The third-order valence-corrected chi connectivity index (χ3v) is 4.80. The van der Waals surface area contributed by atoms with Crippen molar-refractivity contribution in [3.05, 3.63) is 35.9 Å². The molecule has 3 atom stereocenters. The zero-order valence-corrected chi connectivity index (χ0v) is 18.2. The van der Waals surface area contributed by atoms with Gasteiger partial charge in [-0.15, -0.1) is 0 Å². The summed E-state index contributed by atoms with van der Waals surface area (Å²) in [5, 5.41) is 4.74. The number of amides is 2. The first-order valence-corrected chi connectivity index (χ1v) is 11.1. The Morgan fingerprint density at radius 1 is 1.10 bits per heavy atom. The number of rotatable bonds is 11. The summed E-state index contributed by atoms with van der Waals surface area (Å²) >= 11 is 0. The van der Waals surface area contributed by atoms with Gasteiger partial charge in [0.1, 0.15) is 18.7 Å². The average Bonchev–Trinajstić information content (AvgIpc) is 2.72. The molecule has 0 saturated heterocycles. The fraction of sp³-hybridized carbons (Fsp3) is 0.526. The molecule has 0 saturated carbocycles. The van der Waals surface area contributed by atoms with Gasteiger partial charge in [-0.05, 0) is 11.5 Å². The Bertz CT molecular complexity index is 813. The SMILES string of the molecule is CCC(C)[C@H](NC(=O)[C@H](COS(C)(=O)=O)NC(=O)OCc1ccccc1)C(=O)OC. The first kappa shape index (κ1) is 25.4. The van der Waals surface area contributed by atoms with Crippen LogP contribution in [0.25, 0.3) is 0 Å². The maximum Gasteiger partial charge on any atom is 0.408 e. The van der Waals surface area contributed by atoms with Crippen molar-refractivity contribution in [1.29, 1.82) is 0 Å². The van der Waals surface area contributed by atoms with E-state index in [-0.39, 0.29) is 12.5 Å². The van der Waals surface area contributed by atoms with Crippen molar-refractivity contribution in [3.63, 3.8) is 0 Å². The number of nitrogens with one attached hydrogen (secondary N) is 2. The molecule has 0 aliphatic rings. The van der Waals surface area contributed by atoms with E-state index in [0.29, 0.717) is 6.42 Å². The molecule has 0 radical (unpaired) electrons. The molecule has 0 spiro atoms. The van der Waals surface area contributed by atoms with E-state index in [1.54, 1.807) is 31.2 Å². The molecule has 0 bridgehead atoms. The number of carbonyl (C=O) groups is 3. The fourth-order valence-corrected chi connectivity index (χ4v) is 2.71. The Morgan fingerprint density at radius 2 is 1.73 bits per heavy atom. The van der Waals surface area contributed by atoms with Gasteiger partial charge in [0, 0.05) is 0 Å². The van der Waals surface area contributed by atoms with E-state index in [1.165, 1.54) is 7.11 Å². The van der Waals surface area contributed by atoms with Crippen LogP contribution in [0.2, 0.25) is 0 Å². The van der Waals surface area contributed by atoms with E-state index in [1.807, 2.05) is 13.0 Å². The van der Waals surface area contributed by atoms with Gasteiger partial charge in [0.05, 0.1) is 20.0 Å². The highest BCUT2D eigenvalue weighted by molar-refractivity contribution is 7.85. The molecule has 1 unspecified atom stereocenters. The molecule has 2 N–H and O–H groups in total. The summed E-state index contributed by atoms with van der Waals surface area (Å²) in [6, 6.07) is 6.45. The van der Waals surface area contributed by atoms with Crippen LogP contribution in [-0.2, 0) is 40.0 Å². The number of benzene rings is 1. The summed E-state index contributed by atoms with van der Waals surface area (Å²) in [5.41, 5.74) is 0.726. The summed E-state index contributed by atoms with van der Waals surface area (Å²) < 4.78 is 37.0. The molecule has 2 amide bonds. The van der Waals surface area contributed by atoms with E-state index in [2.05, 4.69) is 14.8 Å². The molecule has 168 valence electrons. The molecule has 1 aromatic rings. The molecule has 0 fully saturated rings. The Hall–Kier alpha value is -2.66. The zero-order valence-electron chi connectivity index (χ0n) is 17.4. The fourth-order valence-electron chi connectivity index (χ4n) is 2.33. The van der Waals surface area contributed by atoms with Crippen LogP contribution in [0.5, 0.6) is 0 Å². The average molecular weight is 445 g/mol. The van der Waals surface area contributed by atoms with Crippen LogP contribution >= 0.6 is 0 Å². The van der Waals surface area contributed by atoms with Gasteiger partial charge in [-0.25, -0.2) is 9.59 Å². The standard InChI is InChI=1S/C19H28N2O8S/c1-5-13(2)16(18(23)27-3)21-17(22)15(12-29-30(4,25)26)20-19(24)28-11-14-9-7-6-8-10-14/h6-10,13,15-16H,5,11-12H2,1-4H3,(H,20,24)(H,21,22)/t13?,15-,16-/m0/s1. The van der Waals surface area contributed by atoms with E-state index >= 15 is 0 Å². The van der Waals surface area contributed by atoms with Gasteiger partial charge >= 0.3 is 12.1 Å². The topological polar surface area (TPSA) is 137 Å². The second-order valence-corrected chi connectivity index (χ2v) is 8.29. The number of alkyl carbamates (subject to hydrolysis) is 1. The lowest BCUT2D eigenvalue weighted by Crippen LogP contribution is -2.55. The van der Waals surface area contributed by atoms with Crippen molar-refractivity contribution in [1.82, 2.24) is 10.6 Å². The lowest BCUT2D eigenvalue weighted by Gasteiger charge is -2.25. The van der Waals surface area contributed by atoms with Gasteiger partial charge in [0.15, 0.2) is 0 Å². The Balaban J connectivity index is 2.85. The van der Waals surface area contributed by atoms with Gasteiger partial charge in [-0.2, -0.15) is 8.42 Å². The number of esters is 1. The highest BCUT2D eigenvalue weighted by Crippen LogP contribution is 2.10. The van der Waals surface area contributed by atoms with Crippen LogP contribution in [0.3, 0.4) is 0 Å². The van der Waals surface area contributed by atoms with Crippen LogP contribution in [0.4, 0.5) is 4.79 Å². The minimum atomic E-state index is -3.88. The molecule has 11 heteroatoms. The lowest BCUT2D eigenvalue weighted by atomic mass is 9.99. The Morgan fingerprint density at radius 3 is 2.27 bits per heavy atom. The van der Waals surface area contributed by atoms with E-state index in [9.17, 15) is 22.8 Å². The van der Waals surface area contributed by atoms with Gasteiger partial charge in [0.2, 0.25) is 5.91 Å². The minimum Gasteiger partial charge on any atom is -0.467 e.